The Kier molecular flexibility index (Phi) is 6.73. The highest BCUT2D eigenvalue weighted by Crippen LogP contribution is 2.19. The molecular weight excluding hydrogens is 363 g/mol. The Morgan fingerprint density at radius 1 is 0.964 bits per heavy atom. The summed E-state index contributed by atoms with van der Waals surface area (Å²) in [5.41, 5.74) is 0.626. The summed E-state index contributed by atoms with van der Waals surface area (Å²) < 4.78 is 23.7. The Morgan fingerprint density at radius 3 is 2.36 bits per heavy atom. The van der Waals surface area contributed by atoms with E-state index in [4.69, 9.17) is 9.47 Å². The molecular formula is C20H19FN4O3. The number of anilines is 1. The highest BCUT2D eigenvalue weighted by atomic mass is 19.1. The van der Waals surface area contributed by atoms with E-state index in [1.165, 1.54) is 12.1 Å². The summed E-state index contributed by atoms with van der Waals surface area (Å²) in [6.45, 7) is 0.860. The van der Waals surface area contributed by atoms with E-state index >= 15 is 0 Å². The molecule has 144 valence electrons. The SMILES string of the molecule is O=C(NCCCOc1ccc(F)cc1)Nc1ccc(Oc2ncccn2)cc1. The van der Waals surface area contributed by atoms with Gasteiger partial charge in [0.2, 0.25) is 0 Å². The topological polar surface area (TPSA) is 85.4 Å². The van der Waals surface area contributed by atoms with E-state index in [9.17, 15) is 9.18 Å². The van der Waals surface area contributed by atoms with E-state index in [0.717, 1.165) is 0 Å². The van der Waals surface area contributed by atoms with Gasteiger partial charge < -0.3 is 20.1 Å². The van der Waals surface area contributed by atoms with E-state index < -0.39 is 0 Å². The van der Waals surface area contributed by atoms with Crippen molar-refractivity contribution >= 4 is 11.7 Å². The zero-order chi connectivity index (χ0) is 19.6. The lowest BCUT2D eigenvalue weighted by Gasteiger charge is -2.09. The van der Waals surface area contributed by atoms with E-state index in [2.05, 4.69) is 20.6 Å². The third-order valence-corrected chi connectivity index (χ3v) is 3.55. The highest BCUT2D eigenvalue weighted by molar-refractivity contribution is 5.89. The van der Waals surface area contributed by atoms with E-state index in [-0.39, 0.29) is 17.9 Å². The lowest BCUT2D eigenvalue weighted by molar-refractivity contribution is 0.250. The Balaban J connectivity index is 1.34. The van der Waals surface area contributed by atoms with E-state index in [1.807, 2.05) is 0 Å². The minimum atomic E-state index is -0.318. The van der Waals surface area contributed by atoms with Gasteiger partial charge in [-0.1, -0.05) is 0 Å². The van der Waals surface area contributed by atoms with Gasteiger partial charge in [-0.25, -0.2) is 19.2 Å². The fraction of sp³-hybridized carbons (Fsp3) is 0.150. The lowest BCUT2D eigenvalue weighted by Crippen LogP contribution is -2.30. The second-order valence-electron chi connectivity index (χ2n) is 5.69. The number of nitrogens with one attached hydrogen (secondary N) is 2. The molecule has 2 aromatic carbocycles. The van der Waals surface area contributed by atoms with Crippen LogP contribution in [0, 0.1) is 5.82 Å². The predicted octanol–water partition coefficient (Wildman–Crippen LogP) is 4.00. The summed E-state index contributed by atoms with van der Waals surface area (Å²) in [4.78, 5) is 19.9. The van der Waals surface area contributed by atoms with Crippen LogP contribution >= 0.6 is 0 Å². The van der Waals surface area contributed by atoms with Gasteiger partial charge in [-0.05, 0) is 61.0 Å². The first kappa shape index (κ1) is 19.1. The summed E-state index contributed by atoms with van der Waals surface area (Å²) in [6.07, 6.45) is 3.80. The van der Waals surface area contributed by atoms with Gasteiger partial charge in [-0.3, -0.25) is 0 Å². The molecule has 0 fully saturated rings. The molecule has 3 rings (SSSR count). The fourth-order valence-electron chi connectivity index (χ4n) is 2.22. The fourth-order valence-corrected chi connectivity index (χ4v) is 2.22. The number of amides is 2. The lowest BCUT2D eigenvalue weighted by atomic mass is 10.3. The number of hydrogen-bond donors (Lipinski definition) is 2. The summed E-state index contributed by atoms with van der Waals surface area (Å²) in [5.74, 6) is 0.850. The van der Waals surface area contributed by atoms with Gasteiger partial charge in [-0.2, -0.15) is 0 Å². The number of nitrogens with zero attached hydrogens (tertiary/aromatic N) is 2. The molecule has 1 heterocycles. The molecule has 0 bridgehead atoms. The van der Waals surface area contributed by atoms with Crippen molar-refractivity contribution < 1.29 is 18.7 Å². The van der Waals surface area contributed by atoms with Crippen LogP contribution in [0.1, 0.15) is 6.42 Å². The number of carbonyl (C=O) groups is 1. The van der Waals surface area contributed by atoms with Crippen molar-refractivity contribution in [3.05, 3.63) is 72.8 Å². The number of hydrogen-bond acceptors (Lipinski definition) is 5. The standard InChI is InChI=1S/C20H19FN4O3/c21-15-3-7-17(8-4-15)27-14-2-13-22-19(26)25-16-5-9-18(10-6-16)28-20-23-11-1-12-24-20/h1,3-12H,2,13-14H2,(H2,22,25,26). The maximum atomic E-state index is 12.8. The average molecular weight is 382 g/mol. The zero-order valence-electron chi connectivity index (χ0n) is 15.0. The van der Waals surface area contributed by atoms with Crippen molar-refractivity contribution in [2.24, 2.45) is 0 Å². The molecule has 0 saturated heterocycles. The molecule has 0 radical (unpaired) electrons. The smallest absolute Gasteiger partial charge is 0.321 e. The van der Waals surface area contributed by atoms with Gasteiger partial charge in [0.05, 0.1) is 6.61 Å². The number of aromatic nitrogens is 2. The van der Waals surface area contributed by atoms with Gasteiger partial charge in [0, 0.05) is 24.6 Å². The number of halogens is 1. The van der Waals surface area contributed by atoms with Gasteiger partial charge in [0.15, 0.2) is 0 Å². The quantitative estimate of drug-likeness (QED) is 0.575. The van der Waals surface area contributed by atoms with Crippen LogP contribution in [0.25, 0.3) is 0 Å². The molecule has 0 atom stereocenters. The molecule has 0 aliphatic carbocycles. The van der Waals surface area contributed by atoms with Gasteiger partial charge in [0.25, 0.3) is 0 Å². The highest BCUT2D eigenvalue weighted by Gasteiger charge is 2.03. The van der Waals surface area contributed by atoms with Crippen LogP contribution in [0.2, 0.25) is 0 Å². The van der Waals surface area contributed by atoms with Crippen molar-refractivity contribution in [2.45, 2.75) is 6.42 Å². The summed E-state index contributed by atoms with van der Waals surface area (Å²) in [7, 11) is 0. The molecule has 0 saturated carbocycles. The first-order valence-electron chi connectivity index (χ1n) is 8.67. The number of rotatable bonds is 8. The zero-order valence-corrected chi connectivity index (χ0v) is 15.0. The molecule has 0 aliphatic rings. The molecule has 28 heavy (non-hydrogen) atoms. The number of ether oxygens (including phenoxy) is 2. The molecule has 3 aromatic rings. The van der Waals surface area contributed by atoms with Crippen LogP contribution in [0.4, 0.5) is 14.9 Å². The Bertz CT molecular complexity index is 874. The Hall–Kier alpha value is -3.68. The molecule has 2 amide bonds. The summed E-state index contributed by atoms with van der Waals surface area (Å²) >= 11 is 0. The summed E-state index contributed by atoms with van der Waals surface area (Å²) in [5, 5.41) is 5.47. The van der Waals surface area contributed by atoms with Crippen LogP contribution in [0.5, 0.6) is 17.5 Å². The number of benzene rings is 2. The van der Waals surface area contributed by atoms with Crippen molar-refractivity contribution in [1.29, 1.82) is 0 Å². The van der Waals surface area contributed by atoms with Crippen LogP contribution in [-0.2, 0) is 0 Å². The second-order valence-corrected chi connectivity index (χ2v) is 5.69. The third-order valence-electron chi connectivity index (χ3n) is 3.55. The van der Waals surface area contributed by atoms with Crippen LogP contribution in [0.3, 0.4) is 0 Å². The van der Waals surface area contributed by atoms with Crippen molar-refractivity contribution in [2.75, 3.05) is 18.5 Å². The van der Waals surface area contributed by atoms with Crippen molar-refractivity contribution in [3.8, 4) is 17.5 Å². The van der Waals surface area contributed by atoms with Crippen LogP contribution in [0.15, 0.2) is 67.0 Å². The van der Waals surface area contributed by atoms with Gasteiger partial charge in [0.1, 0.15) is 17.3 Å². The van der Waals surface area contributed by atoms with Crippen molar-refractivity contribution in [3.63, 3.8) is 0 Å². The molecule has 0 spiro atoms. The maximum Gasteiger partial charge on any atom is 0.321 e. The predicted molar refractivity (Wildman–Crippen MR) is 102 cm³/mol. The largest absolute Gasteiger partial charge is 0.494 e. The first-order valence-corrected chi connectivity index (χ1v) is 8.67. The minimum Gasteiger partial charge on any atom is -0.494 e. The van der Waals surface area contributed by atoms with E-state index in [1.54, 1.807) is 54.9 Å². The van der Waals surface area contributed by atoms with Gasteiger partial charge in [-0.15, -0.1) is 0 Å². The second kappa shape index (κ2) is 9.86. The summed E-state index contributed by atoms with van der Waals surface area (Å²) in [6, 6.07) is 14.3. The molecule has 1 aromatic heterocycles. The molecule has 8 heteroatoms. The van der Waals surface area contributed by atoms with Crippen LogP contribution < -0.4 is 20.1 Å². The van der Waals surface area contributed by atoms with Crippen molar-refractivity contribution in [1.82, 2.24) is 15.3 Å². The first-order chi connectivity index (χ1) is 13.7. The van der Waals surface area contributed by atoms with Crippen LogP contribution in [-0.4, -0.2) is 29.2 Å². The van der Waals surface area contributed by atoms with Gasteiger partial charge >= 0.3 is 12.0 Å². The average Bonchev–Trinajstić information content (AvgIpc) is 2.71. The molecule has 2 N–H and O–H groups in total. The molecule has 7 nitrogen and oxygen atoms in total. The molecule has 0 unspecified atom stereocenters. The normalized spacial score (nSPS) is 10.2. The monoisotopic (exact) mass is 382 g/mol. The third kappa shape index (κ3) is 6.24. The minimum absolute atomic E-state index is 0.254. The number of urea groups is 1. The molecule has 0 aliphatic heterocycles. The number of carbonyl (C=O) groups excluding carboxylic acids is 1. The Morgan fingerprint density at radius 2 is 1.64 bits per heavy atom. The maximum absolute atomic E-state index is 12.8. The Labute approximate surface area is 161 Å². The van der Waals surface area contributed by atoms with E-state index in [0.29, 0.717) is 36.8 Å².